The van der Waals surface area contributed by atoms with Gasteiger partial charge in [-0.15, -0.1) is 0 Å². The van der Waals surface area contributed by atoms with E-state index in [2.05, 4.69) is 18.8 Å². The van der Waals surface area contributed by atoms with E-state index in [1.807, 2.05) is 12.1 Å². The molecule has 3 nitrogen and oxygen atoms in total. The van der Waals surface area contributed by atoms with Gasteiger partial charge in [0.2, 0.25) is 5.43 Å². The number of pyridine rings is 1. The summed E-state index contributed by atoms with van der Waals surface area (Å²) in [6.07, 6.45) is 4.46. The molecule has 0 bridgehead atoms. The van der Waals surface area contributed by atoms with Crippen LogP contribution in [0.2, 0.25) is 0 Å². The molecule has 0 amide bonds. The Labute approximate surface area is 113 Å². The molecule has 1 aromatic heterocycles. The third-order valence-electron chi connectivity index (χ3n) is 3.64. The van der Waals surface area contributed by atoms with E-state index in [4.69, 9.17) is 0 Å². The Kier molecular flexibility index (Phi) is 4.25. The molecule has 19 heavy (non-hydrogen) atoms. The van der Waals surface area contributed by atoms with Crippen LogP contribution in [0, 0.1) is 0 Å². The first-order valence-electron chi connectivity index (χ1n) is 6.99. The molecule has 2 aromatic rings. The number of para-hydroxylation sites is 1. The lowest BCUT2D eigenvalue weighted by Gasteiger charge is -2.14. The van der Waals surface area contributed by atoms with Crippen LogP contribution < -0.4 is 5.43 Å². The number of rotatable bonds is 5. The van der Waals surface area contributed by atoms with Crippen molar-refractivity contribution in [1.82, 2.24) is 4.98 Å². The van der Waals surface area contributed by atoms with Crippen molar-refractivity contribution in [2.45, 2.75) is 45.4 Å². The molecule has 2 rings (SSSR count). The zero-order valence-corrected chi connectivity index (χ0v) is 11.6. The average molecular weight is 259 g/mol. The SMILES string of the molecule is CCCCCC(C)c1[nH]c2ccccc2c(=O)c1O. The molecule has 0 aliphatic carbocycles. The number of aromatic amines is 1. The standard InChI is InChI=1S/C16H21NO2/c1-3-4-5-8-11(2)14-16(19)15(18)12-9-6-7-10-13(12)17-14/h6-7,9-11,19H,3-5,8H2,1-2H3,(H,17,18). The molecule has 0 saturated carbocycles. The lowest BCUT2D eigenvalue weighted by Crippen LogP contribution is -2.09. The van der Waals surface area contributed by atoms with E-state index in [0.29, 0.717) is 11.1 Å². The van der Waals surface area contributed by atoms with E-state index < -0.39 is 0 Å². The van der Waals surface area contributed by atoms with E-state index in [1.54, 1.807) is 12.1 Å². The van der Waals surface area contributed by atoms with Crippen LogP contribution in [0.3, 0.4) is 0 Å². The molecule has 0 aliphatic heterocycles. The Balaban J connectivity index is 2.38. The Morgan fingerprint density at radius 3 is 2.74 bits per heavy atom. The van der Waals surface area contributed by atoms with E-state index in [0.717, 1.165) is 18.4 Å². The highest BCUT2D eigenvalue weighted by Gasteiger charge is 2.15. The first-order chi connectivity index (χ1) is 9.15. The topological polar surface area (TPSA) is 53.1 Å². The quantitative estimate of drug-likeness (QED) is 0.800. The molecule has 1 aromatic carbocycles. The first kappa shape index (κ1) is 13.7. The van der Waals surface area contributed by atoms with Gasteiger partial charge in [-0.25, -0.2) is 0 Å². The lowest BCUT2D eigenvalue weighted by molar-refractivity contribution is 0.449. The van der Waals surface area contributed by atoms with Gasteiger partial charge in [-0.1, -0.05) is 45.2 Å². The van der Waals surface area contributed by atoms with Crippen molar-refractivity contribution in [1.29, 1.82) is 0 Å². The summed E-state index contributed by atoms with van der Waals surface area (Å²) >= 11 is 0. The average Bonchev–Trinajstić information content (AvgIpc) is 2.43. The van der Waals surface area contributed by atoms with E-state index in [1.165, 1.54) is 12.8 Å². The summed E-state index contributed by atoms with van der Waals surface area (Å²) in [7, 11) is 0. The Hall–Kier alpha value is -1.77. The van der Waals surface area contributed by atoms with Gasteiger partial charge >= 0.3 is 0 Å². The number of nitrogens with one attached hydrogen (secondary N) is 1. The number of unbranched alkanes of at least 4 members (excludes halogenated alkanes) is 2. The number of aromatic nitrogens is 1. The number of hydrogen-bond acceptors (Lipinski definition) is 2. The minimum atomic E-state index is -0.272. The Bertz CT molecular complexity index is 616. The highest BCUT2D eigenvalue weighted by Crippen LogP contribution is 2.27. The fourth-order valence-electron chi connectivity index (χ4n) is 2.45. The molecule has 0 aliphatic rings. The fourth-order valence-corrected chi connectivity index (χ4v) is 2.45. The van der Waals surface area contributed by atoms with E-state index in [9.17, 15) is 9.90 Å². The Morgan fingerprint density at radius 1 is 1.26 bits per heavy atom. The summed E-state index contributed by atoms with van der Waals surface area (Å²) in [5, 5.41) is 10.6. The first-order valence-corrected chi connectivity index (χ1v) is 6.99. The fraction of sp³-hybridized carbons (Fsp3) is 0.438. The Morgan fingerprint density at radius 2 is 2.00 bits per heavy atom. The number of aromatic hydroxyl groups is 1. The van der Waals surface area contributed by atoms with Crippen LogP contribution >= 0.6 is 0 Å². The third-order valence-corrected chi connectivity index (χ3v) is 3.64. The van der Waals surface area contributed by atoms with Gasteiger partial charge in [0.05, 0.1) is 5.69 Å². The van der Waals surface area contributed by atoms with E-state index in [-0.39, 0.29) is 17.1 Å². The van der Waals surface area contributed by atoms with Crippen LogP contribution in [-0.4, -0.2) is 10.1 Å². The van der Waals surface area contributed by atoms with Crippen molar-refractivity contribution >= 4 is 10.9 Å². The summed E-state index contributed by atoms with van der Waals surface area (Å²) < 4.78 is 0. The molecule has 1 heterocycles. The molecular weight excluding hydrogens is 238 g/mol. The van der Waals surface area contributed by atoms with Crippen LogP contribution in [-0.2, 0) is 0 Å². The maximum absolute atomic E-state index is 12.1. The van der Waals surface area contributed by atoms with Crippen LogP contribution in [0.15, 0.2) is 29.1 Å². The molecule has 0 fully saturated rings. The molecular formula is C16H21NO2. The summed E-state index contributed by atoms with van der Waals surface area (Å²) in [5.74, 6) is 0.0477. The maximum Gasteiger partial charge on any atom is 0.231 e. The molecule has 1 atom stereocenters. The monoisotopic (exact) mass is 259 g/mol. The normalized spacial score (nSPS) is 12.7. The van der Waals surface area contributed by atoms with Gasteiger partial charge < -0.3 is 10.1 Å². The van der Waals surface area contributed by atoms with Gasteiger partial charge in [0.25, 0.3) is 0 Å². The van der Waals surface area contributed by atoms with Gasteiger partial charge in [0.1, 0.15) is 0 Å². The highest BCUT2D eigenvalue weighted by molar-refractivity contribution is 5.80. The van der Waals surface area contributed by atoms with Crippen LogP contribution in [0.5, 0.6) is 5.75 Å². The predicted octanol–water partition coefficient (Wildman–Crippen LogP) is 3.92. The van der Waals surface area contributed by atoms with Crippen molar-refractivity contribution in [3.63, 3.8) is 0 Å². The zero-order valence-electron chi connectivity index (χ0n) is 11.6. The highest BCUT2D eigenvalue weighted by atomic mass is 16.3. The maximum atomic E-state index is 12.1. The van der Waals surface area contributed by atoms with Gasteiger partial charge in [-0.05, 0) is 18.6 Å². The predicted molar refractivity (Wildman–Crippen MR) is 78.8 cm³/mol. The smallest absolute Gasteiger partial charge is 0.231 e. The second-order valence-electron chi connectivity index (χ2n) is 5.16. The van der Waals surface area contributed by atoms with Crippen molar-refractivity contribution in [2.24, 2.45) is 0 Å². The van der Waals surface area contributed by atoms with Gasteiger partial charge in [0, 0.05) is 16.8 Å². The molecule has 102 valence electrons. The van der Waals surface area contributed by atoms with Gasteiger partial charge in [-0.3, -0.25) is 4.79 Å². The number of hydrogen-bond donors (Lipinski definition) is 2. The van der Waals surface area contributed by atoms with Crippen molar-refractivity contribution in [2.75, 3.05) is 0 Å². The van der Waals surface area contributed by atoms with Crippen LogP contribution in [0.4, 0.5) is 0 Å². The summed E-state index contributed by atoms with van der Waals surface area (Å²) in [6.45, 7) is 4.22. The summed E-state index contributed by atoms with van der Waals surface area (Å²) in [4.78, 5) is 15.3. The molecule has 0 saturated heterocycles. The lowest BCUT2D eigenvalue weighted by atomic mass is 9.97. The van der Waals surface area contributed by atoms with Crippen molar-refractivity contribution in [3.05, 3.63) is 40.2 Å². The summed E-state index contributed by atoms with van der Waals surface area (Å²) in [5.41, 5.74) is 1.19. The summed E-state index contributed by atoms with van der Waals surface area (Å²) in [6, 6.07) is 7.31. The third kappa shape index (κ3) is 2.80. The zero-order chi connectivity index (χ0) is 13.8. The number of benzene rings is 1. The molecule has 3 heteroatoms. The van der Waals surface area contributed by atoms with Crippen molar-refractivity contribution < 1.29 is 5.11 Å². The largest absolute Gasteiger partial charge is 0.503 e. The second-order valence-corrected chi connectivity index (χ2v) is 5.16. The van der Waals surface area contributed by atoms with Gasteiger partial charge in [0.15, 0.2) is 5.75 Å². The van der Waals surface area contributed by atoms with Crippen LogP contribution in [0.1, 0.15) is 51.1 Å². The second kappa shape index (κ2) is 5.91. The van der Waals surface area contributed by atoms with Crippen LogP contribution in [0.25, 0.3) is 10.9 Å². The van der Waals surface area contributed by atoms with Crippen molar-refractivity contribution in [3.8, 4) is 5.75 Å². The molecule has 0 radical (unpaired) electrons. The minimum absolute atomic E-state index is 0.123. The van der Waals surface area contributed by atoms with E-state index >= 15 is 0 Å². The number of fused-ring (bicyclic) bond motifs is 1. The number of H-pyrrole nitrogens is 1. The minimum Gasteiger partial charge on any atom is -0.503 e. The molecule has 2 N–H and O–H groups in total. The van der Waals surface area contributed by atoms with Gasteiger partial charge in [-0.2, -0.15) is 0 Å². The molecule has 0 spiro atoms. The molecule has 1 unspecified atom stereocenters.